The first-order chi connectivity index (χ1) is 17.3. The lowest BCUT2D eigenvalue weighted by atomic mass is 10.0. The summed E-state index contributed by atoms with van der Waals surface area (Å²) in [7, 11) is 0. The van der Waals surface area contributed by atoms with Gasteiger partial charge in [-0.15, -0.1) is 11.3 Å². The Morgan fingerprint density at radius 2 is 1.64 bits per heavy atom. The Hall–Kier alpha value is -3.11. The normalized spacial score (nSPS) is 17.3. The lowest BCUT2D eigenvalue weighted by Gasteiger charge is -2.33. The summed E-state index contributed by atoms with van der Waals surface area (Å²) in [5, 5.41) is 9.23. The van der Waals surface area contributed by atoms with E-state index in [0.717, 1.165) is 20.7 Å². The average molecular weight is 575 g/mol. The quantitative estimate of drug-likeness (QED) is 0.264. The van der Waals surface area contributed by atoms with Crippen LogP contribution in [0.2, 0.25) is 0 Å². The highest BCUT2D eigenvalue weighted by Crippen LogP contribution is 2.47. The van der Waals surface area contributed by atoms with E-state index >= 15 is 0 Å². The molecule has 10 heteroatoms. The second-order valence-corrected chi connectivity index (χ2v) is 10.4. The molecule has 0 aliphatic carbocycles. The van der Waals surface area contributed by atoms with Crippen LogP contribution in [0.5, 0.6) is 0 Å². The first kappa shape index (κ1) is 24.6. The molecule has 2 atom stereocenters. The van der Waals surface area contributed by atoms with Gasteiger partial charge in [0.05, 0.1) is 10.5 Å². The van der Waals surface area contributed by atoms with E-state index in [9.17, 15) is 18.0 Å². The minimum atomic E-state index is -4.52. The molecule has 1 N–H and O–H groups in total. The molecule has 0 saturated heterocycles. The third-order valence-corrected chi connectivity index (χ3v) is 7.84. The largest absolute Gasteiger partial charge is 0.410 e. The number of anilines is 1. The smallest absolute Gasteiger partial charge is 0.362 e. The zero-order valence-corrected chi connectivity index (χ0v) is 21.4. The maximum atomic E-state index is 14.1. The van der Waals surface area contributed by atoms with Crippen molar-refractivity contribution >= 4 is 39.0 Å². The van der Waals surface area contributed by atoms with Gasteiger partial charge in [-0.25, -0.2) is 4.68 Å². The Kier molecular flexibility index (Phi) is 6.90. The van der Waals surface area contributed by atoms with Crippen LogP contribution in [0.4, 0.5) is 19.0 Å². The number of aromatic nitrogens is 2. The fraction of sp³-hybridized carbons (Fsp3) is 0.231. The Labute approximate surface area is 218 Å². The van der Waals surface area contributed by atoms with Gasteiger partial charge in [0.1, 0.15) is 5.82 Å². The lowest BCUT2D eigenvalue weighted by molar-refractivity contribution is -0.173. The molecule has 2 aromatic heterocycles. The molecule has 1 aliphatic rings. The van der Waals surface area contributed by atoms with Crippen molar-refractivity contribution in [3.8, 4) is 0 Å². The number of nitrogens with zero attached hydrogens (tertiary/aromatic N) is 3. The third kappa shape index (κ3) is 5.05. The maximum absolute atomic E-state index is 14.1. The molecule has 36 heavy (non-hydrogen) atoms. The standard InChI is InChI=1S/C26H22BrF3N4OS/c27-22-23(25(35)33(15-17-8-3-1-4-9-17)16-18-10-5-2-6-11-18)32-34-21(26(28,29)30)14-19(31-24(22)34)20-12-7-13-36-20/h1-13,19,21,31H,14-16H2/t19-,21-/m1/s1. The van der Waals surface area contributed by atoms with Gasteiger partial charge < -0.3 is 10.2 Å². The summed E-state index contributed by atoms with van der Waals surface area (Å²) in [4.78, 5) is 16.2. The SMILES string of the molecule is O=C(c1nn2c(c1Br)N[C@@H](c1cccs1)C[C@@H]2C(F)(F)F)N(Cc1ccccc1)Cc1ccccc1. The van der Waals surface area contributed by atoms with Gasteiger partial charge in [0, 0.05) is 24.4 Å². The van der Waals surface area contributed by atoms with E-state index < -0.39 is 24.2 Å². The Morgan fingerprint density at radius 1 is 1.03 bits per heavy atom. The van der Waals surface area contributed by atoms with Crippen LogP contribution in [0.1, 0.15) is 45.0 Å². The number of hydrogen-bond acceptors (Lipinski definition) is 4. The lowest BCUT2D eigenvalue weighted by Crippen LogP contribution is -2.35. The Morgan fingerprint density at radius 3 is 2.17 bits per heavy atom. The number of hydrogen-bond donors (Lipinski definition) is 1. The maximum Gasteiger partial charge on any atom is 0.410 e. The molecule has 5 nitrogen and oxygen atoms in total. The van der Waals surface area contributed by atoms with Gasteiger partial charge in [-0.1, -0.05) is 66.7 Å². The number of alkyl halides is 3. The highest BCUT2D eigenvalue weighted by Gasteiger charge is 2.48. The number of carbonyl (C=O) groups excluding carboxylic acids is 1. The van der Waals surface area contributed by atoms with Gasteiger partial charge in [-0.3, -0.25) is 4.79 Å². The number of fused-ring (bicyclic) bond motifs is 1. The first-order valence-electron chi connectivity index (χ1n) is 11.3. The molecular formula is C26H22BrF3N4OS. The summed E-state index contributed by atoms with van der Waals surface area (Å²) < 4.78 is 43.5. The summed E-state index contributed by atoms with van der Waals surface area (Å²) in [5.41, 5.74) is 1.77. The van der Waals surface area contributed by atoms with Gasteiger partial charge in [0.25, 0.3) is 5.91 Å². The topological polar surface area (TPSA) is 50.2 Å². The van der Waals surface area contributed by atoms with Gasteiger partial charge in [-0.05, 0) is 38.5 Å². The van der Waals surface area contributed by atoms with E-state index in [0.29, 0.717) is 0 Å². The van der Waals surface area contributed by atoms with Gasteiger partial charge >= 0.3 is 6.18 Å². The van der Waals surface area contributed by atoms with Crippen LogP contribution in [0.3, 0.4) is 0 Å². The molecule has 4 aromatic rings. The number of thiophene rings is 1. The molecule has 1 aliphatic heterocycles. The van der Waals surface area contributed by atoms with Gasteiger partial charge in [0.2, 0.25) is 0 Å². The van der Waals surface area contributed by atoms with Crippen LogP contribution in [-0.2, 0) is 13.1 Å². The van der Waals surface area contributed by atoms with E-state index in [4.69, 9.17) is 0 Å². The molecule has 0 saturated carbocycles. The van der Waals surface area contributed by atoms with Gasteiger partial charge in [0.15, 0.2) is 11.7 Å². The molecule has 0 unspecified atom stereocenters. The average Bonchev–Trinajstić information content (AvgIpc) is 3.52. The van der Waals surface area contributed by atoms with Gasteiger partial charge in [-0.2, -0.15) is 18.3 Å². The van der Waals surface area contributed by atoms with Crippen LogP contribution < -0.4 is 5.32 Å². The predicted molar refractivity (Wildman–Crippen MR) is 137 cm³/mol. The molecule has 186 valence electrons. The number of nitrogens with one attached hydrogen (secondary N) is 1. The zero-order valence-electron chi connectivity index (χ0n) is 19.0. The Balaban J connectivity index is 1.52. The molecule has 3 heterocycles. The molecule has 0 radical (unpaired) electrons. The number of carbonyl (C=O) groups is 1. The van der Waals surface area contributed by atoms with Crippen molar-refractivity contribution in [3.05, 3.63) is 104 Å². The van der Waals surface area contributed by atoms with E-state index in [1.54, 1.807) is 4.90 Å². The molecular weight excluding hydrogens is 553 g/mol. The third-order valence-electron chi connectivity index (χ3n) is 6.10. The van der Waals surface area contributed by atoms with Crippen LogP contribution >= 0.6 is 27.3 Å². The monoisotopic (exact) mass is 574 g/mol. The minimum Gasteiger partial charge on any atom is -0.362 e. The van der Waals surface area contributed by atoms with Crippen molar-refractivity contribution in [2.45, 2.75) is 37.8 Å². The summed E-state index contributed by atoms with van der Waals surface area (Å²) in [6, 6.07) is 20.2. The van der Waals surface area contributed by atoms with Crippen molar-refractivity contribution in [2.75, 3.05) is 5.32 Å². The Bertz CT molecular complexity index is 1290. The van der Waals surface area contributed by atoms with Crippen molar-refractivity contribution in [3.63, 3.8) is 0 Å². The van der Waals surface area contributed by atoms with E-state index in [1.807, 2.05) is 78.2 Å². The predicted octanol–water partition coefficient (Wildman–Crippen LogP) is 7.21. The summed E-state index contributed by atoms with van der Waals surface area (Å²) in [6.07, 6.45) is -4.73. The van der Waals surface area contributed by atoms with Crippen LogP contribution in [0, 0.1) is 0 Å². The summed E-state index contributed by atoms with van der Waals surface area (Å²) in [6.45, 7) is 0.578. The van der Waals surface area contributed by atoms with E-state index in [-0.39, 0.29) is 35.5 Å². The highest BCUT2D eigenvalue weighted by molar-refractivity contribution is 9.10. The molecule has 0 fully saturated rings. The van der Waals surface area contributed by atoms with Crippen LogP contribution in [0.15, 0.2) is 82.6 Å². The zero-order chi connectivity index (χ0) is 25.3. The number of benzene rings is 2. The summed E-state index contributed by atoms with van der Waals surface area (Å²) in [5.74, 6) is -0.295. The van der Waals surface area contributed by atoms with Crippen molar-refractivity contribution in [1.29, 1.82) is 0 Å². The number of rotatable bonds is 6. The second kappa shape index (κ2) is 10.1. The van der Waals surface area contributed by atoms with Crippen LogP contribution in [-0.4, -0.2) is 26.8 Å². The fourth-order valence-corrected chi connectivity index (χ4v) is 5.69. The fourth-order valence-electron chi connectivity index (χ4n) is 4.36. The first-order valence-corrected chi connectivity index (χ1v) is 13.0. The number of halogens is 4. The highest BCUT2D eigenvalue weighted by atomic mass is 79.9. The van der Waals surface area contributed by atoms with Crippen molar-refractivity contribution in [2.24, 2.45) is 0 Å². The van der Waals surface area contributed by atoms with Crippen molar-refractivity contribution < 1.29 is 18.0 Å². The van der Waals surface area contributed by atoms with E-state index in [1.165, 1.54) is 11.3 Å². The van der Waals surface area contributed by atoms with E-state index in [2.05, 4.69) is 26.3 Å². The molecule has 0 bridgehead atoms. The number of amides is 1. The molecule has 0 spiro atoms. The molecule has 5 rings (SSSR count). The van der Waals surface area contributed by atoms with Crippen LogP contribution in [0.25, 0.3) is 0 Å². The summed E-state index contributed by atoms with van der Waals surface area (Å²) >= 11 is 4.80. The second-order valence-electron chi connectivity index (χ2n) is 8.59. The minimum absolute atomic E-state index is 0.0505. The molecule has 2 aromatic carbocycles. The van der Waals surface area contributed by atoms with Crippen molar-refractivity contribution in [1.82, 2.24) is 14.7 Å². The molecule has 1 amide bonds.